The highest BCUT2D eigenvalue weighted by atomic mass is 35.5. The quantitative estimate of drug-likeness (QED) is 0.678. The van der Waals surface area contributed by atoms with E-state index in [1.54, 1.807) is 18.2 Å². The van der Waals surface area contributed by atoms with Gasteiger partial charge in [0.2, 0.25) is 5.91 Å². The minimum Gasteiger partial charge on any atom is -0.351 e. The average molecular weight is 408 g/mol. The molecular formula is C17H14Cl2F3NOS. The first-order chi connectivity index (χ1) is 11.8. The summed E-state index contributed by atoms with van der Waals surface area (Å²) in [6.07, 6.45) is -4.39. The van der Waals surface area contributed by atoms with Crippen molar-refractivity contribution in [1.82, 2.24) is 5.32 Å². The fourth-order valence-corrected chi connectivity index (χ4v) is 3.13. The minimum atomic E-state index is -4.39. The molecule has 0 saturated heterocycles. The zero-order valence-electron chi connectivity index (χ0n) is 12.9. The zero-order chi connectivity index (χ0) is 18.4. The van der Waals surface area contributed by atoms with Crippen LogP contribution >= 0.6 is 35.0 Å². The van der Waals surface area contributed by atoms with Gasteiger partial charge in [0.25, 0.3) is 0 Å². The Morgan fingerprint density at radius 2 is 1.80 bits per heavy atom. The number of amides is 1. The fourth-order valence-electron chi connectivity index (χ4n) is 2.00. The second kappa shape index (κ2) is 8.83. The number of rotatable bonds is 6. The van der Waals surface area contributed by atoms with Gasteiger partial charge in [-0.05, 0) is 35.4 Å². The Balaban J connectivity index is 1.78. The van der Waals surface area contributed by atoms with Gasteiger partial charge < -0.3 is 5.32 Å². The Hall–Kier alpha value is -1.37. The van der Waals surface area contributed by atoms with Crippen molar-refractivity contribution < 1.29 is 18.0 Å². The number of halogens is 5. The van der Waals surface area contributed by atoms with Crippen molar-refractivity contribution in [3.63, 3.8) is 0 Å². The van der Waals surface area contributed by atoms with Gasteiger partial charge in [-0.1, -0.05) is 41.4 Å². The summed E-state index contributed by atoms with van der Waals surface area (Å²) in [5.41, 5.74) is 0.607. The molecule has 0 saturated carbocycles. The standard InChI is InChI=1S/C17H14Cl2F3NOS/c18-14-5-4-12(7-15(14)19)9-25-10-16(24)23-8-11-2-1-3-13(6-11)17(20,21)22/h1-7H,8-10H2,(H,23,24). The molecule has 2 aromatic rings. The number of alkyl halides is 3. The summed E-state index contributed by atoms with van der Waals surface area (Å²) in [5.74, 6) is 0.523. The third-order valence-electron chi connectivity index (χ3n) is 3.23. The maximum atomic E-state index is 12.6. The molecule has 0 aliphatic heterocycles. The molecule has 2 aromatic carbocycles. The molecule has 0 heterocycles. The molecular weight excluding hydrogens is 394 g/mol. The normalized spacial score (nSPS) is 11.4. The molecule has 0 bridgehead atoms. The Morgan fingerprint density at radius 3 is 2.48 bits per heavy atom. The first kappa shape index (κ1) is 19.9. The molecule has 8 heteroatoms. The van der Waals surface area contributed by atoms with Crippen molar-refractivity contribution >= 4 is 40.9 Å². The van der Waals surface area contributed by atoms with E-state index in [4.69, 9.17) is 23.2 Å². The maximum Gasteiger partial charge on any atom is 0.416 e. The third-order valence-corrected chi connectivity index (χ3v) is 4.97. The first-order valence-corrected chi connectivity index (χ1v) is 9.11. The van der Waals surface area contributed by atoms with Crippen molar-refractivity contribution in [3.8, 4) is 0 Å². The SMILES string of the molecule is O=C(CSCc1ccc(Cl)c(Cl)c1)NCc1cccc(C(F)(F)F)c1. The molecule has 0 atom stereocenters. The van der Waals surface area contributed by atoms with Crippen LogP contribution in [-0.2, 0) is 23.3 Å². The molecule has 0 spiro atoms. The van der Waals surface area contributed by atoms with Gasteiger partial charge in [0, 0.05) is 12.3 Å². The van der Waals surface area contributed by atoms with Crippen LogP contribution in [0.3, 0.4) is 0 Å². The molecule has 0 aromatic heterocycles. The number of nitrogens with one attached hydrogen (secondary N) is 1. The largest absolute Gasteiger partial charge is 0.416 e. The van der Waals surface area contributed by atoms with Crippen LogP contribution in [0, 0.1) is 0 Å². The highest BCUT2D eigenvalue weighted by Gasteiger charge is 2.30. The van der Waals surface area contributed by atoms with Crippen molar-refractivity contribution in [2.45, 2.75) is 18.5 Å². The summed E-state index contributed by atoms with van der Waals surface area (Å²) in [6.45, 7) is 0.0517. The lowest BCUT2D eigenvalue weighted by Crippen LogP contribution is -2.24. The van der Waals surface area contributed by atoms with Gasteiger partial charge in [0.1, 0.15) is 0 Å². The van der Waals surface area contributed by atoms with Crippen molar-refractivity contribution in [3.05, 3.63) is 69.2 Å². The lowest BCUT2D eigenvalue weighted by Gasteiger charge is -2.09. The number of carbonyl (C=O) groups is 1. The lowest BCUT2D eigenvalue weighted by atomic mass is 10.1. The van der Waals surface area contributed by atoms with Crippen LogP contribution in [-0.4, -0.2) is 11.7 Å². The molecule has 1 amide bonds. The lowest BCUT2D eigenvalue weighted by molar-refractivity contribution is -0.137. The van der Waals surface area contributed by atoms with Gasteiger partial charge in [-0.15, -0.1) is 11.8 Å². The number of hydrogen-bond donors (Lipinski definition) is 1. The van der Waals surface area contributed by atoms with E-state index in [1.807, 2.05) is 6.07 Å². The molecule has 1 N–H and O–H groups in total. The second-order valence-corrected chi connectivity index (χ2v) is 7.02. The minimum absolute atomic E-state index is 0.0517. The number of thioether (sulfide) groups is 1. The monoisotopic (exact) mass is 407 g/mol. The smallest absolute Gasteiger partial charge is 0.351 e. The summed E-state index contributed by atoms with van der Waals surface area (Å²) < 4.78 is 37.9. The predicted molar refractivity (Wildman–Crippen MR) is 95.9 cm³/mol. The van der Waals surface area contributed by atoms with Gasteiger partial charge in [0.05, 0.1) is 21.4 Å². The maximum absolute atomic E-state index is 12.6. The Bertz CT molecular complexity index is 753. The van der Waals surface area contributed by atoms with Crippen LogP contribution in [0.4, 0.5) is 13.2 Å². The molecule has 2 rings (SSSR count). The molecule has 2 nitrogen and oxygen atoms in total. The topological polar surface area (TPSA) is 29.1 Å². The zero-order valence-corrected chi connectivity index (χ0v) is 15.2. The van der Waals surface area contributed by atoms with Gasteiger partial charge in [0.15, 0.2) is 0 Å². The highest BCUT2D eigenvalue weighted by molar-refractivity contribution is 7.99. The van der Waals surface area contributed by atoms with Crippen LogP contribution in [0.1, 0.15) is 16.7 Å². The van der Waals surface area contributed by atoms with E-state index in [0.717, 1.165) is 17.7 Å². The van der Waals surface area contributed by atoms with E-state index in [-0.39, 0.29) is 18.2 Å². The highest BCUT2D eigenvalue weighted by Crippen LogP contribution is 2.29. The van der Waals surface area contributed by atoms with Crippen LogP contribution < -0.4 is 5.32 Å². The van der Waals surface area contributed by atoms with Crippen LogP contribution in [0.25, 0.3) is 0 Å². The third kappa shape index (κ3) is 6.45. The summed E-state index contributed by atoms with van der Waals surface area (Å²) in [7, 11) is 0. The van der Waals surface area contributed by atoms with Gasteiger partial charge in [-0.2, -0.15) is 13.2 Å². The second-order valence-electron chi connectivity index (χ2n) is 5.22. The van der Waals surface area contributed by atoms with Crippen LogP contribution in [0.2, 0.25) is 10.0 Å². The average Bonchev–Trinajstić information content (AvgIpc) is 2.56. The number of benzene rings is 2. The summed E-state index contributed by atoms with van der Waals surface area (Å²) >= 11 is 13.1. The fraction of sp³-hybridized carbons (Fsp3) is 0.235. The van der Waals surface area contributed by atoms with Crippen molar-refractivity contribution in [2.24, 2.45) is 0 Å². The molecule has 0 radical (unpaired) electrons. The van der Waals surface area contributed by atoms with E-state index < -0.39 is 11.7 Å². The van der Waals surface area contributed by atoms with E-state index in [9.17, 15) is 18.0 Å². The Morgan fingerprint density at radius 1 is 1.04 bits per heavy atom. The molecule has 0 fully saturated rings. The molecule has 0 aliphatic carbocycles. The summed E-state index contributed by atoms with van der Waals surface area (Å²) in [5, 5.41) is 3.53. The molecule has 0 aliphatic rings. The number of hydrogen-bond acceptors (Lipinski definition) is 2. The van der Waals surface area contributed by atoms with E-state index in [2.05, 4.69) is 5.32 Å². The Labute approximate surface area is 157 Å². The van der Waals surface area contributed by atoms with Crippen molar-refractivity contribution in [2.75, 3.05) is 5.75 Å². The van der Waals surface area contributed by atoms with Crippen LogP contribution in [0.5, 0.6) is 0 Å². The number of carbonyl (C=O) groups excluding carboxylic acids is 1. The van der Waals surface area contributed by atoms with Gasteiger partial charge >= 0.3 is 6.18 Å². The van der Waals surface area contributed by atoms with Gasteiger partial charge in [-0.25, -0.2) is 0 Å². The predicted octanol–water partition coefficient (Wildman–Crippen LogP) is 5.56. The molecule has 134 valence electrons. The first-order valence-electron chi connectivity index (χ1n) is 7.20. The Kier molecular flexibility index (Phi) is 7.04. The van der Waals surface area contributed by atoms with Crippen LogP contribution in [0.15, 0.2) is 42.5 Å². The van der Waals surface area contributed by atoms with Crippen molar-refractivity contribution in [1.29, 1.82) is 0 Å². The summed E-state index contributed by atoms with van der Waals surface area (Å²) in [6, 6.07) is 10.1. The van der Waals surface area contributed by atoms with E-state index in [1.165, 1.54) is 17.8 Å². The van der Waals surface area contributed by atoms with Gasteiger partial charge in [-0.3, -0.25) is 4.79 Å². The summed E-state index contributed by atoms with van der Waals surface area (Å²) in [4.78, 5) is 11.8. The molecule has 0 unspecified atom stereocenters. The van der Waals surface area contributed by atoms with E-state index in [0.29, 0.717) is 21.4 Å². The molecule has 25 heavy (non-hydrogen) atoms. The van der Waals surface area contributed by atoms with E-state index >= 15 is 0 Å².